The van der Waals surface area contributed by atoms with Crippen LogP contribution in [0.15, 0.2) is 42.5 Å². The molecule has 0 unspecified atom stereocenters. The Morgan fingerprint density at radius 3 is 2.56 bits per heavy atom. The van der Waals surface area contributed by atoms with Gasteiger partial charge in [-0.3, -0.25) is 4.79 Å². The fourth-order valence-corrected chi connectivity index (χ4v) is 1.67. The van der Waals surface area contributed by atoms with Crippen LogP contribution in [-0.2, 0) is 0 Å². The van der Waals surface area contributed by atoms with Gasteiger partial charge in [0.05, 0.1) is 0 Å². The average molecular weight is 211 g/mol. The van der Waals surface area contributed by atoms with Gasteiger partial charge in [-0.25, -0.2) is 0 Å². The number of anilines is 1. The van der Waals surface area contributed by atoms with Gasteiger partial charge in [-0.05, 0) is 29.7 Å². The molecule has 0 amide bonds. The van der Waals surface area contributed by atoms with E-state index < -0.39 is 0 Å². The summed E-state index contributed by atoms with van der Waals surface area (Å²) in [7, 11) is 0. The van der Waals surface area contributed by atoms with Crippen molar-refractivity contribution in [3.8, 4) is 11.1 Å². The molecule has 0 fully saturated rings. The summed E-state index contributed by atoms with van der Waals surface area (Å²) in [6.07, 6.45) is 0.866. The highest BCUT2D eigenvalue weighted by Gasteiger charge is 2.04. The Labute approximate surface area is 94.7 Å². The lowest BCUT2D eigenvalue weighted by atomic mass is 9.99. The standard InChI is InChI=1S/C14H13NO/c1-10-6-7-11(8-14(10)15)13-5-3-2-4-12(13)9-16/h2-9H,15H2,1H3. The molecule has 0 aromatic heterocycles. The second-order valence-corrected chi connectivity index (χ2v) is 3.78. The van der Waals surface area contributed by atoms with Crippen LogP contribution >= 0.6 is 0 Å². The zero-order chi connectivity index (χ0) is 11.5. The van der Waals surface area contributed by atoms with Crippen molar-refractivity contribution in [1.29, 1.82) is 0 Å². The molecule has 0 radical (unpaired) electrons. The molecule has 0 atom stereocenters. The molecule has 16 heavy (non-hydrogen) atoms. The van der Waals surface area contributed by atoms with E-state index >= 15 is 0 Å². The molecule has 2 aromatic rings. The van der Waals surface area contributed by atoms with Crippen molar-refractivity contribution in [2.45, 2.75) is 6.92 Å². The molecule has 2 heteroatoms. The monoisotopic (exact) mass is 211 g/mol. The molecule has 0 saturated carbocycles. The number of carbonyl (C=O) groups excluding carboxylic acids is 1. The number of aryl methyl sites for hydroxylation is 1. The molecule has 0 heterocycles. The molecular weight excluding hydrogens is 198 g/mol. The first-order chi connectivity index (χ1) is 7.72. The van der Waals surface area contributed by atoms with E-state index in [4.69, 9.17) is 5.73 Å². The van der Waals surface area contributed by atoms with Crippen molar-refractivity contribution in [2.24, 2.45) is 0 Å². The molecule has 0 aliphatic heterocycles. The molecule has 2 aromatic carbocycles. The van der Waals surface area contributed by atoms with Crippen LogP contribution < -0.4 is 5.73 Å². The Morgan fingerprint density at radius 1 is 1.12 bits per heavy atom. The van der Waals surface area contributed by atoms with Crippen LogP contribution in [0.25, 0.3) is 11.1 Å². The number of rotatable bonds is 2. The van der Waals surface area contributed by atoms with Crippen LogP contribution in [0.5, 0.6) is 0 Å². The van der Waals surface area contributed by atoms with Crippen molar-refractivity contribution in [2.75, 3.05) is 5.73 Å². The van der Waals surface area contributed by atoms with E-state index in [1.165, 1.54) is 0 Å². The Morgan fingerprint density at radius 2 is 1.88 bits per heavy atom. The third-order valence-corrected chi connectivity index (χ3v) is 2.68. The maximum Gasteiger partial charge on any atom is 0.150 e. The molecule has 80 valence electrons. The van der Waals surface area contributed by atoms with Gasteiger partial charge >= 0.3 is 0 Å². The Bertz CT molecular complexity index is 532. The SMILES string of the molecule is Cc1ccc(-c2ccccc2C=O)cc1N. The number of benzene rings is 2. The quantitative estimate of drug-likeness (QED) is 0.612. The molecule has 0 aliphatic rings. The van der Waals surface area contributed by atoms with E-state index in [1.807, 2.05) is 43.3 Å². The van der Waals surface area contributed by atoms with Crippen molar-refractivity contribution < 1.29 is 4.79 Å². The van der Waals surface area contributed by atoms with Gasteiger partial charge in [0.2, 0.25) is 0 Å². The lowest BCUT2D eigenvalue weighted by Crippen LogP contribution is -1.92. The number of aldehydes is 1. The molecule has 2 N–H and O–H groups in total. The van der Waals surface area contributed by atoms with Crippen LogP contribution in [0.1, 0.15) is 15.9 Å². The zero-order valence-corrected chi connectivity index (χ0v) is 9.10. The lowest BCUT2D eigenvalue weighted by Gasteiger charge is -2.07. The first-order valence-electron chi connectivity index (χ1n) is 5.13. The minimum absolute atomic E-state index is 0.686. The summed E-state index contributed by atoms with van der Waals surface area (Å²) >= 11 is 0. The topological polar surface area (TPSA) is 43.1 Å². The normalized spacial score (nSPS) is 10.1. The summed E-state index contributed by atoms with van der Waals surface area (Å²) in [5.41, 5.74) is 10.2. The predicted octanol–water partition coefficient (Wildman–Crippen LogP) is 3.06. The maximum absolute atomic E-state index is 10.9. The van der Waals surface area contributed by atoms with Crippen LogP contribution in [-0.4, -0.2) is 6.29 Å². The molecule has 2 nitrogen and oxygen atoms in total. The minimum Gasteiger partial charge on any atom is -0.398 e. The highest BCUT2D eigenvalue weighted by atomic mass is 16.1. The maximum atomic E-state index is 10.9. The fraction of sp³-hybridized carbons (Fsp3) is 0.0714. The van der Waals surface area contributed by atoms with Crippen molar-refractivity contribution in [1.82, 2.24) is 0 Å². The molecular formula is C14H13NO. The van der Waals surface area contributed by atoms with Crippen LogP contribution in [0.3, 0.4) is 0 Å². The molecule has 2 rings (SSSR count). The second kappa shape index (κ2) is 4.19. The number of hydrogen-bond donors (Lipinski definition) is 1. The first kappa shape index (κ1) is 10.4. The molecule has 0 bridgehead atoms. The second-order valence-electron chi connectivity index (χ2n) is 3.78. The van der Waals surface area contributed by atoms with E-state index in [-0.39, 0.29) is 0 Å². The number of carbonyl (C=O) groups is 1. The Kier molecular flexibility index (Phi) is 2.73. The fourth-order valence-electron chi connectivity index (χ4n) is 1.67. The summed E-state index contributed by atoms with van der Waals surface area (Å²) in [5, 5.41) is 0. The van der Waals surface area contributed by atoms with Crippen LogP contribution in [0.2, 0.25) is 0 Å². The summed E-state index contributed by atoms with van der Waals surface area (Å²) in [4.78, 5) is 10.9. The van der Waals surface area contributed by atoms with E-state index in [0.717, 1.165) is 28.7 Å². The van der Waals surface area contributed by atoms with Gasteiger partial charge in [0.25, 0.3) is 0 Å². The van der Waals surface area contributed by atoms with Crippen LogP contribution in [0, 0.1) is 6.92 Å². The van der Waals surface area contributed by atoms with Gasteiger partial charge < -0.3 is 5.73 Å². The van der Waals surface area contributed by atoms with Gasteiger partial charge in [-0.15, -0.1) is 0 Å². The highest BCUT2D eigenvalue weighted by Crippen LogP contribution is 2.25. The number of nitrogens with two attached hydrogens (primary N) is 1. The van der Waals surface area contributed by atoms with Crippen molar-refractivity contribution >= 4 is 12.0 Å². The van der Waals surface area contributed by atoms with Gasteiger partial charge in [0.15, 0.2) is 6.29 Å². The number of nitrogen functional groups attached to an aromatic ring is 1. The van der Waals surface area contributed by atoms with E-state index in [9.17, 15) is 4.79 Å². The Hall–Kier alpha value is -2.09. The van der Waals surface area contributed by atoms with Crippen molar-refractivity contribution in [3.05, 3.63) is 53.6 Å². The predicted molar refractivity (Wildman–Crippen MR) is 66.4 cm³/mol. The van der Waals surface area contributed by atoms with Gasteiger partial charge in [0, 0.05) is 11.3 Å². The van der Waals surface area contributed by atoms with Crippen LogP contribution in [0.4, 0.5) is 5.69 Å². The number of hydrogen-bond acceptors (Lipinski definition) is 2. The summed E-state index contributed by atoms with van der Waals surface area (Å²) in [6, 6.07) is 13.3. The minimum atomic E-state index is 0.686. The average Bonchev–Trinajstić information content (AvgIpc) is 2.32. The van der Waals surface area contributed by atoms with Gasteiger partial charge in [-0.2, -0.15) is 0 Å². The summed E-state index contributed by atoms with van der Waals surface area (Å²) in [6.45, 7) is 1.96. The van der Waals surface area contributed by atoms with Crippen molar-refractivity contribution in [3.63, 3.8) is 0 Å². The van der Waals surface area contributed by atoms with Gasteiger partial charge in [0.1, 0.15) is 0 Å². The van der Waals surface area contributed by atoms with E-state index in [0.29, 0.717) is 5.56 Å². The Balaban J connectivity index is 2.58. The van der Waals surface area contributed by atoms with E-state index in [2.05, 4.69) is 0 Å². The lowest BCUT2D eigenvalue weighted by molar-refractivity contribution is 0.112. The third kappa shape index (κ3) is 1.82. The summed E-state index contributed by atoms with van der Waals surface area (Å²) < 4.78 is 0. The summed E-state index contributed by atoms with van der Waals surface area (Å²) in [5.74, 6) is 0. The third-order valence-electron chi connectivity index (χ3n) is 2.68. The first-order valence-corrected chi connectivity index (χ1v) is 5.13. The molecule has 0 aliphatic carbocycles. The highest BCUT2D eigenvalue weighted by molar-refractivity contribution is 5.88. The smallest absolute Gasteiger partial charge is 0.150 e. The molecule has 0 saturated heterocycles. The molecule has 0 spiro atoms. The van der Waals surface area contributed by atoms with Gasteiger partial charge in [-0.1, -0.05) is 36.4 Å². The zero-order valence-electron chi connectivity index (χ0n) is 9.10. The van der Waals surface area contributed by atoms with E-state index in [1.54, 1.807) is 6.07 Å². The largest absolute Gasteiger partial charge is 0.398 e.